The van der Waals surface area contributed by atoms with Gasteiger partial charge >= 0.3 is 6.23 Å². The van der Waals surface area contributed by atoms with Gasteiger partial charge in [0.05, 0.1) is 23.9 Å². The summed E-state index contributed by atoms with van der Waals surface area (Å²) in [6.45, 7) is 20.4. The standard InChI is InChI=1S/C28H43N8O8PS2/c1-15(2)24(37)32-27-31-23-20(25(38)33-27)30-14-35(23)26-22(42-28(46)34-10-12-47(39,40)13-11-34)21(18(7)41-26)44-45(43-19(8)29-9)36(16(3)4)17(5)6/h14-19,21-22,26H,10-13H2,1-8H3,(H2,31,32,33,37,38)/t18-,19?,21?,22+,26-,45?/m1/s1/i7D. The van der Waals surface area contributed by atoms with Crippen LogP contribution in [0.15, 0.2) is 11.1 Å². The van der Waals surface area contributed by atoms with Crippen molar-refractivity contribution in [2.45, 2.75) is 98.2 Å². The number of hydrogen-bond acceptors (Lipinski definition) is 12. The highest BCUT2D eigenvalue weighted by atomic mass is 32.2. The molecule has 19 heteroatoms. The van der Waals surface area contributed by atoms with Crippen LogP contribution in [0.2, 0.25) is 0 Å². The molecule has 2 aromatic rings. The maximum absolute atomic E-state index is 13.0. The van der Waals surface area contributed by atoms with Gasteiger partial charge in [-0.3, -0.25) is 29.3 Å². The Bertz CT molecular complexity index is 1660. The number of fused-ring (bicyclic) bond motifs is 1. The molecule has 4 rings (SSSR count). The highest BCUT2D eigenvalue weighted by Gasteiger charge is 2.50. The summed E-state index contributed by atoms with van der Waals surface area (Å²) < 4.78 is 61.7. The minimum absolute atomic E-state index is 0.00666. The summed E-state index contributed by atoms with van der Waals surface area (Å²) in [5.74, 6) is -1.02. The van der Waals surface area contributed by atoms with Crippen LogP contribution in [0.25, 0.3) is 16.0 Å². The first-order valence-corrected chi connectivity index (χ1v) is 18.6. The number of carbonyl (C=O) groups excluding carboxylic acids is 1. The van der Waals surface area contributed by atoms with Gasteiger partial charge in [0, 0.05) is 39.4 Å². The maximum atomic E-state index is 13.0. The van der Waals surface area contributed by atoms with Crippen LogP contribution in [-0.2, 0) is 33.2 Å². The molecule has 1 amide bonds. The second kappa shape index (κ2) is 15.2. The van der Waals surface area contributed by atoms with Crippen LogP contribution in [0.1, 0.15) is 63.0 Å². The SMILES string of the molecule is [2H]C[C@H]1O[C@@H](n2cnc3c(=O)[nH]c(NC(=O)C(C)C)nc32)[C@@H](OC(=S)N2CCS(=O)(=O)CC2)C1OP(OC(C)[N+]#[C-])N(C(C)C)C(C)C. The van der Waals surface area contributed by atoms with Crippen molar-refractivity contribution >= 4 is 58.8 Å². The molecular weight excluding hydrogens is 671 g/mol. The van der Waals surface area contributed by atoms with E-state index in [9.17, 15) is 18.0 Å². The van der Waals surface area contributed by atoms with Crippen molar-refractivity contribution in [1.82, 2.24) is 29.1 Å². The van der Waals surface area contributed by atoms with Gasteiger partial charge in [-0.25, -0.2) is 29.2 Å². The molecule has 47 heavy (non-hydrogen) atoms. The van der Waals surface area contributed by atoms with Crippen molar-refractivity contribution < 1.29 is 33.1 Å². The van der Waals surface area contributed by atoms with E-state index in [0.717, 1.165) is 0 Å². The number of hydrogen-bond donors (Lipinski definition) is 2. The minimum atomic E-state index is -3.21. The molecule has 4 heterocycles. The van der Waals surface area contributed by atoms with Crippen molar-refractivity contribution in [2.75, 3.05) is 29.9 Å². The molecule has 2 fully saturated rings. The summed E-state index contributed by atoms with van der Waals surface area (Å²) in [6, 6.07) is -0.101. The lowest BCUT2D eigenvalue weighted by atomic mass is 10.1. The third-order valence-electron chi connectivity index (χ3n) is 7.48. The van der Waals surface area contributed by atoms with E-state index in [1.165, 1.54) is 10.9 Å². The van der Waals surface area contributed by atoms with Crippen molar-refractivity contribution in [3.8, 4) is 0 Å². The maximum Gasteiger partial charge on any atom is 0.330 e. The molecule has 2 aromatic heterocycles. The molecule has 0 radical (unpaired) electrons. The van der Waals surface area contributed by atoms with Crippen molar-refractivity contribution in [2.24, 2.45) is 5.92 Å². The lowest BCUT2D eigenvalue weighted by Crippen LogP contribution is -2.47. The van der Waals surface area contributed by atoms with Gasteiger partial charge in [-0.05, 0) is 46.8 Å². The Hall–Kier alpha value is -2.78. The number of nitrogens with zero attached hydrogens (tertiary/aromatic N) is 6. The molecule has 0 bridgehead atoms. The quantitative estimate of drug-likeness (QED) is 0.198. The summed E-state index contributed by atoms with van der Waals surface area (Å²) in [7, 11) is -5.12. The van der Waals surface area contributed by atoms with E-state index in [1.54, 1.807) is 25.7 Å². The fourth-order valence-electron chi connectivity index (χ4n) is 5.07. The fraction of sp³-hybridized carbons (Fsp3) is 0.714. The van der Waals surface area contributed by atoms with Gasteiger partial charge in [0.2, 0.25) is 11.9 Å². The summed E-state index contributed by atoms with van der Waals surface area (Å²) in [5, 5.41) is 2.60. The van der Waals surface area contributed by atoms with E-state index in [0.29, 0.717) is 0 Å². The number of sulfone groups is 1. The smallest absolute Gasteiger partial charge is 0.330 e. The molecule has 2 aliphatic heterocycles. The van der Waals surface area contributed by atoms with Crippen molar-refractivity contribution in [1.29, 1.82) is 0 Å². The zero-order valence-corrected chi connectivity index (χ0v) is 30.0. The van der Waals surface area contributed by atoms with E-state index in [1.807, 2.05) is 32.4 Å². The summed E-state index contributed by atoms with van der Waals surface area (Å²) >= 11 is 5.67. The number of anilines is 1. The van der Waals surface area contributed by atoms with Gasteiger partial charge in [0.1, 0.15) is 6.10 Å². The zero-order valence-electron chi connectivity index (χ0n) is 28.4. The molecule has 3 unspecified atom stereocenters. The number of nitrogens with one attached hydrogen (secondary N) is 2. The summed E-state index contributed by atoms with van der Waals surface area (Å²) in [5.41, 5.74) is -0.558. The van der Waals surface area contributed by atoms with Crippen molar-refractivity contribution in [3.05, 3.63) is 28.1 Å². The Morgan fingerprint density at radius 2 is 1.89 bits per heavy atom. The zero-order chi connectivity index (χ0) is 35.5. The van der Waals surface area contributed by atoms with Crippen LogP contribution in [0, 0.1) is 12.5 Å². The molecule has 2 saturated heterocycles. The number of imidazole rings is 1. The average molecular weight is 716 g/mol. The molecular formula is C28H43N8O8PS2. The highest BCUT2D eigenvalue weighted by molar-refractivity contribution is 7.91. The Morgan fingerprint density at radius 3 is 2.47 bits per heavy atom. The van der Waals surface area contributed by atoms with Crippen LogP contribution in [0.5, 0.6) is 0 Å². The summed E-state index contributed by atoms with van der Waals surface area (Å²) in [4.78, 5) is 41.8. The fourth-order valence-corrected chi connectivity index (χ4v) is 8.36. The van der Waals surface area contributed by atoms with Gasteiger partial charge < -0.3 is 18.9 Å². The van der Waals surface area contributed by atoms with E-state index >= 15 is 0 Å². The molecule has 16 nitrogen and oxygen atoms in total. The molecule has 0 spiro atoms. The van der Waals surface area contributed by atoms with Crippen LogP contribution in [0.3, 0.4) is 0 Å². The average Bonchev–Trinajstić information content (AvgIpc) is 3.57. The third kappa shape index (κ3) is 8.63. The molecule has 0 saturated carbocycles. The van der Waals surface area contributed by atoms with Crippen LogP contribution in [0.4, 0.5) is 5.95 Å². The number of thiocarbonyl (C=S) groups is 1. The summed E-state index contributed by atoms with van der Waals surface area (Å²) in [6.07, 6.45) is -3.54. The van der Waals surface area contributed by atoms with Crippen LogP contribution >= 0.6 is 20.7 Å². The van der Waals surface area contributed by atoms with Gasteiger partial charge in [0.25, 0.3) is 19.3 Å². The first-order chi connectivity index (χ1) is 22.6. The molecule has 0 aliphatic carbocycles. The monoisotopic (exact) mass is 715 g/mol. The van der Waals surface area contributed by atoms with Crippen LogP contribution < -0.4 is 10.9 Å². The highest BCUT2D eigenvalue weighted by Crippen LogP contribution is 2.51. The van der Waals surface area contributed by atoms with Gasteiger partial charge in [-0.2, -0.15) is 4.98 Å². The second-order valence-corrected chi connectivity index (χ2v) is 16.2. The molecule has 6 atom stereocenters. The first kappa shape index (κ1) is 35.5. The molecule has 0 aromatic carbocycles. The van der Waals surface area contributed by atoms with E-state index < -0.39 is 54.7 Å². The second-order valence-electron chi connectivity index (χ2n) is 12.1. The predicted molar refractivity (Wildman–Crippen MR) is 180 cm³/mol. The van der Waals surface area contributed by atoms with E-state index in [-0.39, 0.29) is 77.7 Å². The van der Waals surface area contributed by atoms with E-state index in [2.05, 4.69) is 25.1 Å². The van der Waals surface area contributed by atoms with E-state index in [4.69, 9.17) is 38.7 Å². The third-order valence-corrected chi connectivity index (χ3v) is 11.7. The lowest BCUT2D eigenvalue weighted by Gasteiger charge is -2.38. The van der Waals surface area contributed by atoms with Crippen LogP contribution in [-0.4, -0.2) is 110 Å². The Balaban J connectivity index is 1.79. The number of ether oxygens (including phenoxy) is 2. The lowest BCUT2D eigenvalue weighted by molar-refractivity contribution is -0.118. The number of carbonyl (C=O) groups is 1. The van der Waals surface area contributed by atoms with Gasteiger partial charge in [-0.15, -0.1) is 0 Å². The van der Waals surface area contributed by atoms with Crippen molar-refractivity contribution in [3.63, 3.8) is 0 Å². The number of H-pyrrole nitrogens is 1. The normalized spacial score (nSPS) is 24.5. The Labute approximate surface area is 282 Å². The largest absolute Gasteiger partial charge is 0.460 e. The van der Waals surface area contributed by atoms with Gasteiger partial charge in [-0.1, -0.05) is 13.8 Å². The molecule has 2 N–H and O–H groups in total. The Kier molecular flexibility index (Phi) is 11.5. The number of amides is 1. The molecule has 2 aliphatic rings. The Morgan fingerprint density at radius 1 is 1.23 bits per heavy atom. The first-order valence-electron chi connectivity index (χ1n) is 15.9. The topological polar surface area (TPSA) is 175 Å². The number of rotatable bonds is 11. The number of aromatic amines is 1. The predicted octanol–water partition coefficient (Wildman–Crippen LogP) is 3.04. The molecule has 260 valence electrons. The number of aromatic nitrogens is 4. The minimum Gasteiger partial charge on any atom is -0.460 e. The van der Waals surface area contributed by atoms with Gasteiger partial charge in [0.15, 0.2) is 33.3 Å².